The van der Waals surface area contributed by atoms with E-state index >= 15 is 0 Å². The normalized spacial score (nSPS) is 7.75. The van der Waals surface area contributed by atoms with E-state index in [-0.39, 0.29) is 26.2 Å². The van der Waals surface area contributed by atoms with Crippen molar-refractivity contribution >= 4 is 11.6 Å². The molecule has 86 valence electrons. The van der Waals surface area contributed by atoms with Gasteiger partial charge in [-0.25, -0.2) is 24.3 Å². The number of halogens is 1. The zero-order valence-electron chi connectivity index (χ0n) is 10.2. The third-order valence-electron chi connectivity index (χ3n) is 1.66. The number of rotatable bonds is 0. The monoisotopic (exact) mass is 312 g/mol. The maximum atomic E-state index is 5.00. The second kappa shape index (κ2) is 12.9. The fourth-order valence-corrected chi connectivity index (χ4v) is 0.940. The van der Waals surface area contributed by atoms with Gasteiger partial charge in [0.25, 0.3) is 0 Å². The summed E-state index contributed by atoms with van der Waals surface area (Å²) < 4.78 is 0. The molecule has 0 nitrogen and oxygen atoms in total. The van der Waals surface area contributed by atoms with Crippen LogP contribution in [0.15, 0.2) is 48.5 Å². The van der Waals surface area contributed by atoms with Crippen LogP contribution in [0.4, 0.5) is 0 Å². The van der Waals surface area contributed by atoms with Crippen molar-refractivity contribution in [2.24, 2.45) is 0 Å². The maximum Gasteiger partial charge on any atom is 2.00 e. The second-order valence-electron chi connectivity index (χ2n) is 3.19. The van der Waals surface area contributed by atoms with Gasteiger partial charge in [-0.1, -0.05) is 20.8 Å². The summed E-state index contributed by atoms with van der Waals surface area (Å²) in [5.74, 6) is 0.722. The van der Waals surface area contributed by atoms with Crippen LogP contribution in [-0.2, 0) is 26.2 Å². The van der Waals surface area contributed by atoms with Gasteiger partial charge < -0.3 is 0 Å². The zero-order valence-corrected chi connectivity index (χ0v) is 13.4. The third-order valence-corrected chi connectivity index (χ3v) is 1.66. The van der Waals surface area contributed by atoms with Gasteiger partial charge >= 0.3 is 26.2 Å². The van der Waals surface area contributed by atoms with Gasteiger partial charge in [-0.2, -0.15) is 35.4 Å². The van der Waals surface area contributed by atoms with Crippen molar-refractivity contribution < 1.29 is 26.2 Å². The number of aryl methyl sites for hydroxylation is 2. The molecule has 0 spiro atoms. The van der Waals surface area contributed by atoms with Gasteiger partial charge in [0.15, 0.2) is 0 Å². The fourth-order valence-electron chi connectivity index (χ4n) is 0.940. The molecule has 0 saturated heterocycles. The van der Waals surface area contributed by atoms with Gasteiger partial charge in [0.05, 0.1) is 0 Å². The zero-order chi connectivity index (χ0) is 11.5. The summed E-state index contributed by atoms with van der Waals surface area (Å²) in [6.45, 7) is 6.06. The van der Waals surface area contributed by atoms with Crippen molar-refractivity contribution in [2.45, 2.75) is 20.8 Å². The average molecular weight is 314 g/mol. The molecule has 2 aromatic carbocycles. The SMILES string of the molecule is CCCl.C[c-]1cccc1.C[c-]1cccc1.[Zr+2]. The third kappa shape index (κ3) is 11.9. The van der Waals surface area contributed by atoms with Crippen LogP contribution in [0.2, 0.25) is 0 Å². The smallest absolute Gasteiger partial charge is 0.213 e. The summed E-state index contributed by atoms with van der Waals surface area (Å²) in [5.41, 5.74) is 2.69. The van der Waals surface area contributed by atoms with Crippen molar-refractivity contribution in [1.82, 2.24) is 0 Å². The minimum absolute atomic E-state index is 0. The molecule has 16 heavy (non-hydrogen) atoms. The minimum atomic E-state index is 0. The van der Waals surface area contributed by atoms with Crippen LogP contribution in [-0.4, -0.2) is 5.88 Å². The summed E-state index contributed by atoms with van der Waals surface area (Å²) in [4.78, 5) is 0. The largest absolute Gasteiger partial charge is 2.00 e. The van der Waals surface area contributed by atoms with Crippen molar-refractivity contribution in [3.8, 4) is 0 Å². The molecule has 2 aromatic rings. The predicted octanol–water partition coefficient (Wildman–Crippen LogP) is 4.67. The molecule has 0 fully saturated rings. The van der Waals surface area contributed by atoms with Gasteiger partial charge in [-0.05, 0) is 0 Å². The maximum absolute atomic E-state index is 5.00. The van der Waals surface area contributed by atoms with E-state index in [1.807, 2.05) is 31.2 Å². The Morgan fingerprint density at radius 3 is 1.06 bits per heavy atom. The first-order chi connectivity index (χ1) is 7.20. The van der Waals surface area contributed by atoms with E-state index in [0.29, 0.717) is 0 Å². The Bertz CT molecular complexity index is 263. The Labute approximate surface area is 123 Å². The molecule has 2 rings (SSSR count). The number of alkyl halides is 1. The molecular weight excluding hydrogens is 295 g/mol. The van der Waals surface area contributed by atoms with Crippen molar-refractivity contribution in [3.63, 3.8) is 0 Å². The molecule has 0 aliphatic rings. The predicted molar refractivity (Wildman–Crippen MR) is 69.9 cm³/mol. The Balaban J connectivity index is 0. The van der Waals surface area contributed by atoms with Crippen molar-refractivity contribution in [2.75, 3.05) is 5.88 Å². The van der Waals surface area contributed by atoms with E-state index < -0.39 is 0 Å². The van der Waals surface area contributed by atoms with Gasteiger partial charge in [0.1, 0.15) is 0 Å². The summed E-state index contributed by atoms with van der Waals surface area (Å²) >= 11 is 5.00. The molecule has 0 atom stereocenters. The molecule has 0 unspecified atom stereocenters. The van der Waals surface area contributed by atoms with Gasteiger partial charge in [-0.15, -0.1) is 11.6 Å². The van der Waals surface area contributed by atoms with Crippen LogP contribution in [0.1, 0.15) is 18.1 Å². The van der Waals surface area contributed by atoms with Crippen molar-refractivity contribution in [1.29, 1.82) is 0 Å². The van der Waals surface area contributed by atoms with Gasteiger partial charge in [-0.3, -0.25) is 0 Å². The van der Waals surface area contributed by atoms with E-state index in [2.05, 4.69) is 38.1 Å². The first kappa shape index (κ1) is 18.2. The molecule has 0 bridgehead atoms. The average Bonchev–Trinajstić information content (AvgIpc) is 2.81. The molecule has 0 N–H and O–H groups in total. The standard InChI is InChI=1S/2C6H7.C2H5Cl.Zr/c2*1-6-4-2-3-5-6;1-2-3;/h2*2-5H,1H3;2H2,1H3;/q2*-1;;+2. The van der Waals surface area contributed by atoms with Crippen LogP contribution >= 0.6 is 11.6 Å². The summed E-state index contributed by atoms with van der Waals surface area (Å²) in [7, 11) is 0. The van der Waals surface area contributed by atoms with Crippen molar-refractivity contribution in [3.05, 3.63) is 59.7 Å². The van der Waals surface area contributed by atoms with Gasteiger partial charge in [0, 0.05) is 5.88 Å². The first-order valence-electron chi connectivity index (χ1n) is 5.13. The van der Waals surface area contributed by atoms with E-state index in [1.54, 1.807) is 0 Å². The Morgan fingerprint density at radius 2 is 1.00 bits per heavy atom. The molecule has 2 heteroatoms. The molecule has 0 saturated carbocycles. The van der Waals surface area contributed by atoms with E-state index in [0.717, 1.165) is 5.88 Å². The molecule has 0 aliphatic carbocycles. The molecule has 0 radical (unpaired) electrons. The summed E-state index contributed by atoms with van der Waals surface area (Å²) in [5, 5.41) is 0. The Hall–Kier alpha value is -0.127. The molecule has 0 aromatic heterocycles. The summed E-state index contributed by atoms with van der Waals surface area (Å²) in [6.07, 6.45) is 0. The van der Waals surface area contributed by atoms with Crippen LogP contribution in [0.5, 0.6) is 0 Å². The topological polar surface area (TPSA) is 0 Å². The Kier molecular flexibility index (Phi) is 14.8. The first-order valence-corrected chi connectivity index (χ1v) is 5.66. The number of hydrogen-bond donors (Lipinski definition) is 0. The van der Waals surface area contributed by atoms with Crippen LogP contribution in [0, 0.1) is 13.8 Å². The number of hydrogen-bond acceptors (Lipinski definition) is 0. The van der Waals surface area contributed by atoms with Crippen LogP contribution < -0.4 is 0 Å². The van der Waals surface area contributed by atoms with E-state index in [1.165, 1.54) is 11.1 Å². The van der Waals surface area contributed by atoms with Gasteiger partial charge in [0.2, 0.25) is 0 Å². The fraction of sp³-hybridized carbons (Fsp3) is 0.286. The second-order valence-corrected chi connectivity index (χ2v) is 3.73. The molecular formula is C14H19ClZr. The van der Waals surface area contributed by atoms with Crippen LogP contribution in [0.3, 0.4) is 0 Å². The minimum Gasteiger partial charge on any atom is -0.213 e. The Morgan fingerprint density at radius 1 is 0.812 bits per heavy atom. The molecule has 0 aliphatic heterocycles. The van der Waals surface area contributed by atoms with E-state index in [9.17, 15) is 0 Å². The quantitative estimate of drug-likeness (QED) is 0.490. The molecule has 0 amide bonds. The summed E-state index contributed by atoms with van der Waals surface area (Å²) in [6, 6.07) is 16.5. The molecule has 0 heterocycles. The van der Waals surface area contributed by atoms with Crippen LogP contribution in [0.25, 0.3) is 0 Å². The van der Waals surface area contributed by atoms with E-state index in [4.69, 9.17) is 11.6 Å².